The Morgan fingerprint density at radius 1 is 0.973 bits per heavy atom. The van der Waals surface area contributed by atoms with Crippen LogP contribution >= 0.6 is 0 Å². The van der Waals surface area contributed by atoms with Crippen LogP contribution in [0.2, 0.25) is 0 Å². The molecule has 16 heteroatoms. The van der Waals surface area contributed by atoms with Gasteiger partial charge >= 0.3 is 11.9 Å². The van der Waals surface area contributed by atoms with Crippen LogP contribution in [0.5, 0.6) is 0 Å². The summed E-state index contributed by atoms with van der Waals surface area (Å²) in [5, 5.41) is 33.0. The van der Waals surface area contributed by atoms with Gasteiger partial charge in [-0.1, -0.05) is 12.1 Å². The predicted octanol–water partition coefficient (Wildman–Crippen LogP) is 2.11. The summed E-state index contributed by atoms with van der Waals surface area (Å²) in [6.07, 6.45) is -1.08. The molecule has 200 valence electrons. The van der Waals surface area contributed by atoms with Gasteiger partial charge in [-0.25, -0.2) is 9.59 Å². The van der Waals surface area contributed by atoms with Crippen molar-refractivity contribution in [1.82, 2.24) is 5.32 Å². The SMILES string of the molecule is CC1=C(C(=O)OCCCO[N+](=O)[O-])[C@@H](c2cccc([N+](=O)[O-])c2)C(C(=O)OC[C@H](C)O[N+](=O)[O-])=C(C)N1. The standard InChI is InChI=1S/C21H24N4O12/c1-12(37-25(32)33)11-35-21(27)18-14(3)22-13(2)17(20(26)34-8-5-9-36-24(30)31)19(18)15-6-4-7-16(10-15)23(28)29/h4,6-7,10,12,19,22H,5,8-9,11H2,1-3H3/t12-,19+/m0/s1. The van der Waals surface area contributed by atoms with Crippen molar-refractivity contribution in [3.8, 4) is 0 Å². The van der Waals surface area contributed by atoms with Crippen molar-refractivity contribution in [2.24, 2.45) is 0 Å². The Labute approximate surface area is 209 Å². The van der Waals surface area contributed by atoms with E-state index in [9.17, 15) is 39.9 Å². The van der Waals surface area contributed by atoms with Crippen molar-refractivity contribution in [1.29, 1.82) is 0 Å². The molecule has 0 saturated heterocycles. The molecule has 1 N–H and O–H groups in total. The number of nitro groups is 1. The minimum absolute atomic E-state index is 0.00600. The lowest BCUT2D eigenvalue weighted by molar-refractivity contribution is -0.767. The molecule has 0 aliphatic carbocycles. The van der Waals surface area contributed by atoms with Crippen molar-refractivity contribution >= 4 is 17.6 Å². The second kappa shape index (κ2) is 12.8. The summed E-state index contributed by atoms with van der Waals surface area (Å²) >= 11 is 0. The second-order valence-electron chi connectivity index (χ2n) is 7.77. The summed E-state index contributed by atoms with van der Waals surface area (Å²) in [6.45, 7) is 3.32. The topological polar surface area (TPSA) is 213 Å². The van der Waals surface area contributed by atoms with Crippen molar-refractivity contribution in [3.05, 3.63) is 82.7 Å². The maximum atomic E-state index is 13.1. The van der Waals surface area contributed by atoms with E-state index in [1.165, 1.54) is 45.0 Å². The first-order chi connectivity index (χ1) is 17.4. The van der Waals surface area contributed by atoms with Crippen LogP contribution in [0.3, 0.4) is 0 Å². The smallest absolute Gasteiger partial charge is 0.336 e. The number of nitrogens with one attached hydrogen (secondary N) is 1. The zero-order valence-electron chi connectivity index (χ0n) is 20.0. The fourth-order valence-corrected chi connectivity index (χ4v) is 3.58. The largest absolute Gasteiger partial charge is 0.462 e. The molecule has 0 spiro atoms. The molecular formula is C21H24N4O12. The lowest BCUT2D eigenvalue weighted by Crippen LogP contribution is -2.33. The van der Waals surface area contributed by atoms with Crippen molar-refractivity contribution < 1.29 is 43.8 Å². The van der Waals surface area contributed by atoms with Gasteiger partial charge < -0.3 is 24.5 Å². The summed E-state index contributed by atoms with van der Waals surface area (Å²) in [5.41, 5.74) is 0.349. The predicted molar refractivity (Wildman–Crippen MR) is 121 cm³/mol. The fraction of sp³-hybridized carbons (Fsp3) is 0.429. The molecule has 0 fully saturated rings. The number of benzene rings is 1. The van der Waals surface area contributed by atoms with Crippen molar-refractivity contribution in [3.63, 3.8) is 0 Å². The molecule has 1 aromatic rings. The highest BCUT2D eigenvalue weighted by molar-refractivity contribution is 6.00. The van der Waals surface area contributed by atoms with Gasteiger partial charge in [0.2, 0.25) is 0 Å². The van der Waals surface area contributed by atoms with E-state index in [2.05, 4.69) is 15.0 Å². The summed E-state index contributed by atoms with van der Waals surface area (Å²) < 4.78 is 10.4. The monoisotopic (exact) mass is 524 g/mol. The first-order valence-corrected chi connectivity index (χ1v) is 10.8. The first kappa shape index (κ1) is 28.5. The number of hydrogen-bond donors (Lipinski definition) is 1. The normalized spacial score (nSPS) is 15.8. The minimum atomic E-state index is -1.16. The quantitative estimate of drug-likeness (QED) is 0.170. The highest BCUT2D eigenvalue weighted by Gasteiger charge is 2.38. The van der Waals surface area contributed by atoms with Crippen molar-refractivity contribution in [2.75, 3.05) is 19.8 Å². The molecule has 0 amide bonds. The van der Waals surface area contributed by atoms with Gasteiger partial charge in [0.05, 0.1) is 35.2 Å². The van der Waals surface area contributed by atoms with Gasteiger partial charge in [0, 0.05) is 29.9 Å². The molecule has 0 unspecified atom stereocenters. The van der Waals surface area contributed by atoms with Crippen LogP contribution in [0, 0.1) is 30.3 Å². The molecule has 2 atom stereocenters. The Bertz CT molecular complexity index is 1150. The van der Waals surface area contributed by atoms with E-state index in [1.54, 1.807) is 0 Å². The van der Waals surface area contributed by atoms with Gasteiger partial charge in [0.15, 0.2) is 0 Å². The van der Waals surface area contributed by atoms with Crippen LogP contribution in [0.4, 0.5) is 5.69 Å². The van der Waals surface area contributed by atoms with E-state index >= 15 is 0 Å². The zero-order valence-corrected chi connectivity index (χ0v) is 20.0. The lowest BCUT2D eigenvalue weighted by Gasteiger charge is -2.30. The fourth-order valence-electron chi connectivity index (χ4n) is 3.58. The number of nitrogens with zero attached hydrogens (tertiary/aromatic N) is 3. The maximum absolute atomic E-state index is 13.1. The molecule has 0 saturated carbocycles. The number of esters is 2. The molecule has 1 aliphatic heterocycles. The average Bonchev–Trinajstić information content (AvgIpc) is 2.81. The van der Waals surface area contributed by atoms with Crippen LogP contribution in [-0.4, -0.2) is 53.0 Å². The van der Waals surface area contributed by atoms with Crippen LogP contribution < -0.4 is 5.32 Å². The molecule has 0 aromatic heterocycles. The number of carbonyl (C=O) groups is 2. The molecular weight excluding hydrogens is 500 g/mol. The van der Waals surface area contributed by atoms with Gasteiger partial charge in [-0.15, -0.1) is 20.2 Å². The Balaban J connectivity index is 2.41. The van der Waals surface area contributed by atoms with E-state index in [1.807, 2.05) is 0 Å². The third kappa shape index (κ3) is 7.87. The van der Waals surface area contributed by atoms with Crippen molar-refractivity contribution in [2.45, 2.75) is 39.2 Å². The molecule has 0 bridgehead atoms. The molecule has 1 aliphatic rings. The van der Waals surface area contributed by atoms with Gasteiger partial charge in [-0.2, -0.15) is 0 Å². The van der Waals surface area contributed by atoms with Gasteiger partial charge in [-0.05, 0) is 26.3 Å². The van der Waals surface area contributed by atoms with E-state index in [-0.39, 0.29) is 47.7 Å². The van der Waals surface area contributed by atoms with E-state index < -0.39 is 45.7 Å². The van der Waals surface area contributed by atoms with Gasteiger partial charge in [0.25, 0.3) is 15.9 Å². The molecule has 37 heavy (non-hydrogen) atoms. The Hall–Kier alpha value is -4.76. The Morgan fingerprint density at radius 3 is 2.16 bits per heavy atom. The minimum Gasteiger partial charge on any atom is -0.462 e. The van der Waals surface area contributed by atoms with Crippen LogP contribution in [-0.2, 0) is 28.7 Å². The number of non-ortho nitro benzene ring substituents is 1. The van der Waals surface area contributed by atoms with Gasteiger partial charge in [0.1, 0.15) is 12.7 Å². The summed E-state index contributed by atoms with van der Waals surface area (Å²) in [4.78, 5) is 66.2. The van der Waals surface area contributed by atoms with Gasteiger partial charge in [-0.3, -0.25) is 10.1 Å². The summed E-state index contributed by atoms with van der Waals surface area (Å²) in [5.74, 6) is -2.99. The Morgan fingerprint density at radius 2 is 1.59 bits per heavy atom. The number of ether oxygens (including phenoxy) is 2. The second-order valence-corrected chi connectivity index (χ2v) is 7.77. The summed E-state index contributed by atoms with van der Waals surface area (Å²) in [7, 11) is 0. The van der Waals surface area contributed by atoms with Crippen LogP contribution in [0.1, 0.15) is 38.7 Å². The third-order valence-corrected chi connectivity index (χ3v) is 5.05. The van der Waals surface area contributed by atoms with E-state index in [0.717, 1.165) is 0 Å². The zero-order chi connectivity index (χ0) is 27.7. The number of hydrogen-bond acceptors (Lipinski definition) is 13. The number of carbonyl (C=O) groups excluding carboxylic acids is 2. The maximum Gasteiger partial charge on any atom is 0.336 e. The highest BCUT2D eigenvalue weighted by Crippen LogP contribution is 2.40. The molecule has 16 nitrogen and oxygen atoms in total. The number of allylic oxidation sites excluding steroid dienone is 2. The summed E-state index contributed by atoms with van der Waals surface area (Å²) in [6, 6.07) is 5.29. The Kier molecular flexibility index (Phi) is 9.85. The average molecular weight is 524 g/mol. The molecule has 2 rings (SSSR count). The number of dihydropyridines is 1. The molecule has 0 radical (unpaired) electrons. The molecule has 1 aromatic carbocycles. The van der Waals surface area contributed by atoms with E-state index in [0.29, 0.717) is 5.70 Å². The first-order valence-electron chi connectivity index (χ1n) is 10.8. The number of nitro benzene ring substituents is 1. The lowest BCUT2D eigenvalue weighted by atomic mass is 9.80. The van der Waals surface area contributed by atoms with Crippen LogP contribution in [0.25, 0.3) is 0 Å². The number of rotatable bonds is 13. The van der Waals surface area contributed by atoms with Crippen LogP contribution in [0.15, 0.2) is 46.8 Å². The highest BCUT2D eigenvalue weighted by atomic mass is 17.0. The third-order valence-electron chi connectivity index (χ3n) is 5.05. The molecule has 1 heterocycles. The van der Waals surface area contributed by atoms with E-state index in [4.69, 9.17) is 9.47 Å².